The van der Waals surface area contributed by atoms with Gasteiger partial charge in [-0.1, -0.05) is 23.7 Å². The molecule has 0 saturated carbocycles. The van der Waals surface area contributed by atoms with Gasteiger partial charge < -0.3 is 16.4 Å². The van der Waals surface area contributed by atoms with E-state index in [1.807, 2.05) is 4.90 Å². The number of benzene rings is 1. The van der Waals surface area contributed by atoms with E-state index in [-0.39, 0.29) is 11.9 Å². The molecule has 1 atom stereocenters. The molecular weight excluding hydrogens is 381 g/mol. The summed E-state index contributed by atoms with van der Waals surface area (Å²) in [5.41, 5.74) is 11.7. The predicted molar refractivity (Wildman–Crippen MR) is 98.5 cm³/mol. The van der Waals surface area contributed by atoms with E-state index >= 15 is 0 Å². The molecule has 27 heavy (non-hydrogen) atoms. The summed E-state index contributed by atoms with van der Waals surface area (Å²) in [7, 11) is 0. The number of rotatable bonds is 4. The number of nitrogens with zero attached hydrogens (tertiary/aromatic N) is 4. The smallest absolute Gasteiger partial charge is 0.382 e. The van der Waals surface area contributed by atoms with Gasteiger partial charge in [0.25, 0.3) is 0 Å². The lowest BCUT2D eigenvalue weighted by Gasteiger charge is -2.39. The first-order valence-electron chi connectivity index (χ1n) is 8.43. The predicted octanol–water partition coefficient (Wildman–Crippen LogP) is 2.55. The molecule has 4 N–H and O–H groups in total. The van der Waals surface area contributed by atoms with E-state index in [0.29, 0.717) is 43.6 Å². The van der Waals surface area contributed by atoms with Crippen LogP contribution in [0.1, 0.15) is 17.2 Å². The molecule has 1 fully saturated rings. The number of piperazine rings is 1. The molecular formula is C17H20ClF3N6. The quantitative estimate of drug-likeness (QED) is 0.820. The summed E-state index contributed by atoms with van der Waals surface area (Å²) in [5, 5.41) is 0.323. The Bertz CT molecular complexity index is 775. The van der Waals surface area contributed by atoms with Gasteiger partial charge in [0, 0.05) is 38.8 Å². The van der Waals surface area contributed by atoms with Crippen LogP contribution in [0.5, 0.6) is 0 Å². The van der Waals surface area contributed by atoms with Crippen molar-refractivity contribution in [1.82, 2.24) is 14.9 Å². The zero-order chi connectivity index (χ0) is 19.6. The first kappa shape index (κ1) is 19.7. The van der Waals surface area contributed by atoms with Crippen LogP contribution in [0, 0.1) is 0 Å². The highest BCUT2D eigenvalue weighted by Crippen LogP contribution is 2.32. The average Bonchev–Trinajstić information content (AvgIpc) is 2.65. The van der Waals surface area contributed by atoms with Crippen LogP contribution >= 0.6 is 11.6 Å². The maximum absolute atomic E-state index is 12.8. The second kappa shape index (κ2) is 7.87. The van der Waals surface area contributed by atoms with E-state index in [4.69, 9.17) is 23.1 Å². The third kappa shape index (κ3) is 4.26. The summed E-state index contributed by atoms with van der Waals surface area (Å²) in [6, 6.07) is 5.03. The maximum Gasteiger partial charge on any atom is 0.416 e. The molecule has 146 valence electrons. The Kier molecular flexibility index (Phi) is 5.73. The lowest BCUT2D eigenvalue weighted by atomic mass is 10.0. The van der Waals surface area contributed by atoms with Gasteiger partial charge in [0.2, 0.25) is 0 Å². The number of hydrogen-bond acceptors (Lipinski definition) is 6. The van der Waals surface area contributed by atoms with Crippen LogP contribution in [-0.2, 0) is 6.18 Å². The van der Waals surface area contributed by atoms with Crippen LogP contribution in [-0.4, -0.2) is 47.6 Å². The maximum atomic E-state index is 12.8. The molecule has 1 aliphatic rings. The molecule has 1 unspecified atom stereocenters. The van der Waals surface area contributed by atoms with Crippen molar-refractivity contribution in [1.29, 1.82) is 0 Å². The standard InChI is InChI=1S/C17H20ClF3N6/c18-14-15(23)24-10-25-16(14)27-7-5-26(6-8-27)13(9-22)11-1-3-12(4-2-11)17(19,20)21/h1-4,10,13H,5-9,22H2,(H2,23,24,25). The minimum Gasteiger partial charge on any atom is -0.382 e. The Labute approximate surface area is 159 Å². The van der Waals surface area contributed by atoms with Crippen molar-refractivity contribution in [2.75, 3.05) is 43.4 Å². The fourth-order valence-electron chi connectivity index (χ4n) is 3.23. The monoisotopic (exact) mass is 400 g/mol. The Balaban J connectivity index is 1.69. The molecule has 1 saturated heterocycles. The van der Waals surface area contributed by atoms with Crippen molar-refractivity contribution in [2.45, 2.75) is 12.2 Å². The topological polar surface area (TPSA) is 84.3 Å². The second-order valence-corrected chi connectivity index (χ2v) is 6.67. The zero-order valence-electron chi connectivity index (χ0n) is 14.5. The average molecular weight is 401 g/mol. The number of alkyl halides is 3. The SMILES string of the molecule is NCC(c1ccc(C(F)(F)F)cc1)N1CCN(c2ncnc(N)c2Cl)CC1. The Morgan fingerprint density at radius 3 is 2.26 bits per heavy atom. The summed E-state index contributed by atoms with van der Waals surface area (Å²) in [4.78, 5) is 12.2. The van der Waals surface area contributed by atoms with Gasteiger partial charge in [0.1, 0.15) is 17.2 Å². The van der Waals surface area contributed by atoms with Crippen LogP contribution in [0.25, 0.3) is 0 Å². The van der Waals surface area contributed by atoms with Crippen LogP contribution in [0.3, 0.4) is 0 Å². The Morgan fingerprint density at radius 1 is 1.07 bits per heavy atom. The van der Waals surface area contributed by atoms with Gasteiger partial charge in [-0.05, 0) is 17.7 Å². The van der Waals surface area contributed by atoms with Crippen LogP contribution in [0.4, 0.5) is 24.8 Å². The lowest BCUT2D eigenvalue weighted by Crippen LogP contribution is -2.49. The minimum absolute atomic E-state index is 0.152. The van der Waals surface area contributed by atoms with Crippen molar-refractivity contribution in [3.05, 3.63) is 46.7 Å². The summed E-state index contributed by atoms with van der Waals surface area (Å²) < 4.78 is 38.3. The van der Waals surface area contributed by atoms with Gasteiger partial charge in [-0.15, -0.1) is 0 Å². The summed E-state index contributed by atoms with van der Waals surface area (Å²) >= 11 is 6.18. The van der Waals surface area contributed by atoms with Gasteiger partial charge >= 0.3 is 6.18 Å². The van der Waals surface area contributed by atoms with Crippen molar-refractivity contribution >= 4 is 23.2 Å². The normalized spacial score (nSPS) is 17.1. The molecule has 0 aliphatic carbocycles. The van der Waals surface area contributed by atoms with E-state index in [9.17, 15) is 13.2 Å². The van der Waals surface area contributed by atoms with Gasteiger partial charge in [-0.2, -0.15) is 13.2 Å². The molecule has 1 aliphatic heterocycles. The number of anilines is 2. The zero-order valence-corrected chi connectivity index (χ0v) is 15.2. The van der Waals surface area contributed by atoms with Crippen LogP contribution in [0.2, 0.25) is 5.02 Å². The summed E-state index contributed by atoms with van der Waals surface area (Å²) in [6.45, 7) is 2.94. The molecule has 0 spiro atoms. The number of halogens is 4. The largest absolute Gasteiger partial charge is 0.416 e. The van der Waals surface area contributed by atoms with Crippen molar-refractivity contribution in [3.63, 3.8) is 0 Å². The first-order valence-corrected chi connectivity index (χ1v) is 8.81. The number of hydrogen-bond donors (Lipinski definition) is 2. The number of aromatic nitrogens is 2. The molecule has 1 aromatic heterocycles. The molecule has 2 heterocycles. The molecule has 0 amide bonds. The first-order chi connectivity index (χ1) is 12.8. The van der Waals surface area contributed by atoms with E-state index < -0.39 is 11.7 Å². The molecule has 2 aromatic rings. The van der Waals surface area contributed by atoms with Gasteiger partial charge in [0.05, 0.1) is 5.56 Å². The molecule has 0 bridgehead atoms. The number of nitrogens with two attached hydrogens (primary N) is 2. The molecule has 1 aromatic carbocycles. The van der Waals surface area contributed by atoms with Crippen LogP contribution < -0.4 is 16.4 Å². The van der Waals surface area contributed by atoms with Gasteiger partial charge in [-0.25, -0.2) is 9.97 Å². The van der Waals surface area contributed by atoms with Gasteiger partial charge in [-0.3, -0.25) is 4.90 Å². The molecule has 10 heteroatoms. The highest BCUT2D eigenvalue weighted by Gasteiger charge is 2.31. The summed E-state index contributed by atoms with van der Waals surface area (Å²) in [5.74, 6) is 0.816. The highest BCUT2D eigenvalue weighted by molar-refractivity contribution is 6.35. The van der Waals surface area contributed by atoms with E-state index in [1.165, 1.54) is 18.5 Å². The molecule has 6 nitrogen and oxygen atoms in total. The minimum atomic E-state index is -4.35. The van der Waals surface area contributed by atoms with Gasteiger partial charge in [0.15, 0.2) is 5.82 Å². The van der Waals surface area contributed by atoms with E-state index in [2.05, 4.69) is 14.9 Å². The van der Waals surface area contributed by atoms with Crippen molar-refractivity contribution in [3.8, 4) is 0 Å². The summed E-state index contributed by atoms with van der Waals surface area (Å²) in [6.07, 6.45) is -2.98. The van der Waals surface area contributed by atoms with Crippen LogP contribution in [0.15, 0.2) is 30.6 Å². The van der Waals surface area contributed by atoms with Crippen molar-refractivity contribution in [2.24, 2.45) is 5.73 Å². The Hall–Kier alpha value is -2.10. The number of nitrogen functional groups attached to an aromatic ring is 1. The second-order valence-electron chi connectivity index (χ2n) is 6.29. The molecule has 3 rings (SSSR count). The highest BCUT2D eigenvalue weighted by atomic mass is 35.5. The fraction of sp³-hybridized carbons (Fsp3) is 0.412. The third-order valence-corrected chi connectivity index (χ3v) is 5.06. The third-order valence-electron chi connectivity index (χ3n) is 4.70. The van der Waals surface area contributed by atoms with E-state index in [1.54, 1.807) is 0 Å². The molecule has 0 radical (unpaired) electrons. The Morgan fingerprint density at radius 2 is 1.70 bits per heavy atom. The van der Waals surface area contributed by atoms with Crippen molar-refractivity contribution < 1.29 is 13.2 Å². The fourth-order valence-corrected chi connectivity index (χ4v) is 3.45. The van der Waals surface area contributed by atoms with E-state index in [0.717, 1.165) is 17.7 Å². The lowest BCUT2D eigenvalue weighted by molar-refractivity contribution is -0.137.